The Morgan fingerprint density at radius 2 is 1.70 bits per heavy atom. The van der Waals surface area contributed by atoms with E-state index in [1.165, 1.54) is 0 Å². The van der Waals surface area contributed by atoms with Gasteiger partial charge in [0.1, 0.15) is 5.54 Å². The highest BCUT2D eigenvalue weighted by Crippen LogP contribution is 2.30. The number of pyridine rings is 1. The van der Waals surface area contributed by atoms with Crippen LogP contribution in [0.3, 0.4) is 0 Å². The quantitative estimate of drug-likeness (QED) is 0.680. The summed E-state index contributed by atoms with van der Waals surface area (Å²) in [6.45, 7) is 3.73. The first-order valence-corrected chi connectivity index (χ1v) is 7.65. The van der Waals surface area contributed by atoms with Crippen molar-refractivity contribution in [3.05, 3.63) is 77.5 Å². The first-order chi connectivity index (χ1) is 11.1. The maximum absolute atomic E-state index is 12.6. The zero-order valence-corrected chi connectivity index (χ0v) is 13.1. The molecule has 3 nitrogen and oxygen atoms in total. The molecule has 0 saturated carbocycles. The zero-order valence-electron chi connectivity index (χ0n) is 13.1. The Morgan fingerprint density at radius 3 is 2.52 bits per heavy atom. The molecule has 0 radical (unpaired) electrons. The highest BCUT2D eigenvalue weighted by molar-refractivity contribution is 6.24. The van der Waals surface area contributed by atoms with Gasteiger partial charge in [0.2, 0.25) is 0 Å². The van der Waals surface area contributed by atoms with Crippen molar-refractivity contribution < 1.29 is 4.79 Å². The molecule has 0 atom stereocenters. The Labute approximate surface area is 134 Å². The van der Waals surface area contributed by atoms with Crippen LogP contribution in [0.4, 0.5) is 0 Å². The average Bonchev–Trinajstić information content (AvgIpc) is 2.58. The highest BCUT2D eigenvalue weighted by atomic mass is 16.1. The number of aromatic nitrogens is 1. The molecule has 0 fully saturated rings. The van der Waals surface area contributed by atoms with Crippen LogP contribution in [0.25, 0.3) is 10.9 Å². The van der Waals surface area contributed by atoms with E-state index in [4.69, 9.17) is 4.99 Å². The number of nitrogens with zero attached hydrogens (tertiary/aromatic N) is 2. The second-order valence-electron chi connectivity index (χ2n) is 6.31. The van der Waals surface area contributed by atoms with E-state index in [1.54, 1.807) is 6.20 Å². The van der Waals surface area contributed by atoms with E-state index in [9.17, 15) is 4.79 Å². The summed E-state index contributed by atoms with van der Waals surface area (Å²) in [5.74, 6) is 0.0655. The van der Waals surface area contributed by atoms with E-state index in [0.29, 0.717) is 0 Å². The van der Waals surface area contributed by atoms with Gasteiger partial charge in [-0.1, -0.05) is 42.5 Å². The Balaban J connectivity index is 1.97. The van der Waals surface area contributed by atoms with E-state index in [0.717, 1.165) is 33.3 Å². The zero-order chi connectivity index (χ0) is 16.0. The lowest BCUT2D eigenvalue weighted by Gasteiger charge is -2.27. The Morgan fingerprint density at radius 1 is 0.913 bits per heavy atom. The summed E-state index contributed by atoms with van der Waals surface area (Å²) in [6.07, 6.45) is 1.79. The van der Waals surface area contributed by atoms with Gasteiger partial charge >= 0.3 is 0 Å². The SMILES string of the molecule is CC1(C)N=C(c2ccc3cccnc3c2)c2ccccc2C1=O. The first kappa shape index (κ1) is 13.8. The molecule has 0 saturated heterocycles. The maximum atomic E-state index is 12.6. The second kappa shape index (κ2) is 4.85. The number of aliphatic imine (C=N–C) groups is 1. The predicted molar refractivity (Wildman–Crippen MR) is 92.2 cm³/mol. The van der Waals surface area contributed by atoms with Gasteiger partial charge in [0.15, 0.2) is 5.78 Å². The van der Waals surface area contributed by atoms with Crippen molar-refractivity contribution in [2.24, 2.45) is 4.99 Å². The molecule has 1 aliphatic heterocycles. The minimum Gasteiger partial charge on any atom is -0.291 e. The predicted octanol–water partition coefficient (Wildman–Crippen LogP) is 4.05. The number of carbonyl (C=O) groups excluding carboxylic acids is 1. The number of fused-ring (bicyclic) bond motifs is 2. The van der Waals surface area contributed by atoms with Crippen LogP contribution >= 0.6 is 0 Å². The molecule has 0 unspecified atom stereocenters. The molecule has 0 spiro atoms. The molecule has 0 amide bonds. The molecule has 4 rings (SSSR count). The third kappa shape index (κ3) is 2.16. The van der Waals surface area contributed by atoms with Gasteiger partial charge in [-0.2, -0.15) is 0 Å². The Bertz CT molecular complexity index is 970. The summed E-state index contributed by atoms with van der Waals surface area (Å²) in [5, 5.41) is 1.09. The molecule has 112 valence electrons. The van der Waals surface area contributed by atoms with E-state index in [1.807, 2.05) is 68.4 Å². The van der Waals surface area contributed by atoms with Crippen molar-refractivity contribution in [2.45, 2.75) is 19.4 Å². The molecule has 2 heterocycles. The van der Waals surface area contributed by atoms with E-state index < -0.39 is 5.54 Å². The minimum absolute atomic E-state index is 0.0655. The van der Waals surface area contributed by atoms with Crippen LogP contribution in [0.15, 0.2) is 65.8 Å². The number of hydrogen-bond acceptors (Lipinski definition) is 3. The van der Waals surface area contributed by atoms with E-state index in [2.05, 4.69) is 4.98 Å². The molecule has 23 heavy (non-hydrogen) atoms. The van der Waals surface area contributed by atoms with Gasteiger partial charge in [0, 0.05) is 28.3 Å². The van der Waals surface area contributed by atoms with Gasteiger partial charge in [-0.15, -0.1) is 0 Å². The van der Waals surface area contributed by atoms with Crippen LogP contribution in [0.5, 0.6) is 0 Å². The first-order valence-electron chi connectivity index (χ1n) is 7.65. The number of Topliss-reactive ketones (excluding diaryl/α,β-unsaturated/α-hetero) is 1. The molecule has 0 aliphatic carbocycles. The lowest BCUT2D eigenvalue weighted by atomic mass is 9.84. The highest BCUT2D eigenvalue weighted by Gasteiger charge is 2.35. The fourth-order valence-corrected chi connectivity index (χ4v) is 3.04. The molecular formula is C20H16N2O. The van der Waals surface area contributed by atoms with Crippen LogP contribution in [0, 0.1) is 0 Å². The van der Waals surface area contributed by atoms with Crippen molar-refractivity contribution in [3.63, 3.8) is 0 Å². The number of benzene rings is 2. The van der Waals surface area contributed by atoms with Crippen LogP contribution < -0.4 is 0 Å². The number of ketones is 1. The van der Waals surface area contributed by atoms with Crippen LogP contribution in [-0.4, -0.2) is 22.0 Å². The summed E-state index contributed by atoms with van der Waals surface area (Å²) in [5.41, 5.74) is 3.67. The number of hydrogen-bond donors (Lipinski definition) is 0. The number of rotatable bonds is 1. The molecule has 3 heteroatoms. The van der Waals surface area contributed by atoms with Crippen LogP contribution in [-0.2, 0) is 0 Å². The van der Waals surface area contributed by atoms with Crippen LogP contribution in [0.2, 0.25) is 0 Å². The summed E-state index contributed by atoms with van der Waals surface area (Å²) >= 11 is 0. The van der Waals surface area contributed by atoms with Crippen LogP contribution in [0.1, 0.15) is 35.3 Å². The van der Waals surface area contributed by atoms with Crippen molar-refractivity contribution in [1.82, 2.24) is 4.98 Å². The monoisotopic (exact) mass is 300 g/mol. The van der Waals surface area contributed by atoms with Crippen molar-refractivity contribution in [2.75, 3.05) is 0 Å². The van der Waals surface area contributed by atoms with Crippen molar-refractivity contribution in [1.29, 1.82) is 0 Å². The molecule has 2 aromatic carbocycles. The van der Waals surface area contributed by atoms with Gasteiger partial charge in [0.05, 0.1) is 11.2 Å². The van der Waals surface area contributed by atoms with E-state index in [-0.39, 0.29) is 5.78 Å². The van der Waals surface area contributed by atoms with Gasteiger partial charge in [0.25, 0.3) is 0 Å². The smallest absolute Gasteiger partial charge is 0.190 e. The fraction of sp³-hybridized carbons (Fsp3) is 0.150. The average molecular weight is 300 g/mol. The minimum atomic E-state index is -0.747. The van der Waals surface area contributed by atoms with E-state index >= 15 is 0 Å². The normalized spacial score (nSPS) is 16.1. The summed E-state index contributed by atoms with van der Waals surface area (Å²) < 4.78 is 0. The van der Waals surface area contributed by atoms with Gasteiger partial charge in [-0.25, -0.2) is 0 Å². The lowest BCUT2D eigenvalue weighted by molar-refractivity contribution is 0.0912. The summed E-state index contributed by atoms with van der Waals surface area (Å²) in [6, 6.07) is 17.8. The topological polar surface area (TPSA) is 42.3 Å². The summed E-state index contributed by atoms with van der Waals surface area (Å²) in [4.78, 5) is 21.8. The molecular weight excluding hydrogens is 284 g/mol. The standard InChI is InChI=1S/C20H16N2O/c1-20(2)19(23)16-8-4-3-7-15(16)18(22-20)14-10-9-13-6-5-11-21-17(13)12-14/h3-12H,1-2H3. The van der Waals surface area contributed by atoms with Crippen molar-refractivity contribution >= 4 is 22.4 Å². The fourth-order valence-electron chi connectivity index (χ4n) is 3.04. The summed E-state index contributed by atoms with van der Waals surface area (Å²) in [7, 11) is 0. The second-order valence-corrected chi connectivity index (χ2v) is 6.31. The van der Waals surface area contributed by atoms with Gasteiger partial charge in [-0.05, 0) is 26.0 Å². The molecule has 3 aromatic rings. The lowest BCUT2D eigenvalue weighted by Crippen LogP contribution is -2.36. The van der Waals surface area contributed by atoms with Gasteiger partial charge in [-0.3, -0.25) is 14.8 Å². The third-order valence-corrected chi connectivity index (χ3v) is 4.25. The van der Waals surface area contributed by atoms with Gasteiger partial charge < -0.3 is 0 Å². The molecule has 0 N–H and O–H groups in total. The molecule has 1 aliphatic rings. The Hall–Kier alpha value is -2.81. The Kier molecular flexibility index (Phi) is 2.91. The maximum Gasteiger partial charge on any atom is 0.190 e. The largest absolute Gasteiger partial charge is 0.291 e. The third-order valence-electron chi connectivity index (χ3n) is 4.25. The van der Waals surface area contributed by atoms with Crippen molar-refractivity contribution in [3.8, 4) is 0 Å². The molecule has 0 bridgehead atoms. The molecule has 1 aromatic heterocycles. The number of carbonyl (C=O) groups is 1.